The Bertz CT molecular complexity index is 325. The van der Waals surface area contributed by atoms with Crippen molar-refractivity contribution in [2.45, 2.75) is 6.42 Å². The van der Waals surface area contributed by atoms with Crippen molar-refractivity contribution in [3.8, 4) is 0 Å². The van der Waals surface area contributed by atoms with Crippen LogP contribution in [-0.2, 0) is 6.42 Å². The molecule has 0 fully saturated rings. The first-order valence-electron chi connectivity index (χ1n) is 3.69. The molecule has 13 heavy (non-hydrogen) atoms. The highest BCUT2D eigenvalue weighted by atomic mass is 79.9. The van der Waals surface area contributed by atoms with Crippen LogP contribution in [0.15, 0.2) is 22.7 Å². The third kappa shape index (κ3) is 3.08. The van der Waals surface area contributed by atoms with E-state index in [-0.39, 0.29) is 0 Å². The molecule has 1 aromatic carbocycles. The summed E-state index contributed by atoms with van der Waals surface area (Å²) in [6.07, 6.45) is 0.928. The SMILES string of the molecule is O=C(Cl)c1ccc(CCBr)c(Br)c1. The van der Waals surface area contributed by atoms with Crippen molar-refractivity contribution in [2.75, 3.05) is 5.33 Å². The Morgan fingerprint density at radius 1 is 1.46 bits per heavy atom. The topological polar surface area (TPSA) is 17.1 Å². The fraction of sp³-hybridized carbons (Fsp3) is 0.222. The molecule has 0 aliphatic heterocycles. The lowest BCUT2D eigenvalue weighted by atomic mass is 10.1. The van der Waals surface area contributed by atoms with Crippen molar-refractivity contribution in [1.82, 2.24) is 0 Å². The van der Waals surface area contributed by atoms with Gasteiger partial charge in [0.2, 0.25) is 0 Å². The predicted octanol–water partition coefficient (Wildman–Crippen LogP) is 3.77. The van der Waals surface area contributed by atoms with Crippen LogP contribution in [0, 0.1) is 0 Å². The van der Waals surface area contributed by atoms with E-state index in [0.717, 1.165) is 16.2 Å². The van der Waals surface area contributed by atoms with Crippen molar-refractivity contribution in [1.29, 1.82) is 0 Å². The first-order valence-corrected chi connectivity index (χ1v) is 5.98. The number of hydrogen-bond donors (Lipinski definition) is 0. The molecule has 0 atom stereocenters. The number of aryl methyl sites for hydroxylation is 1. The molecule has 0 saturated carbocycles. The van der Waals surface area contributed by atoms with Crippen LogP contribution in [0.4, 0.5) is 0 Å². The quantitative estimate of drug-likeness (QED) is 0.610. The van der Waals surface area contributed by atoms with Crippen LogP contribution in [0.1, 0.15) is 15.9 Å². The molecule has 0 radical (unpaired) electrons. The number of rotatable bonds is 3. The molecular weight excluding hydrogens is 319 g/mol. The molecule has 1 rings (SSSR count). The summed E-state index contributed by atoms with van der Waals surface area (Å²) in [5.74, 6) is 0. The van der Waals surface area contributed by atoms with Crippen LogP contribution in [0.5, 0.6) is 0 Å². The fourth-order valence-corrected chi connectivity index (χ4v) is 2.10. The van der Waals surface area contributed by atoms with E-state index in [2.05, 4.69) is 31.9 Å². The van der Waals surface area contributed by atoms with E-state index in [1.54, 1.807) is 12.1 Å². The molecule has 0 bridgehead atoms. The Hall–Kier alpha value is 0.140. The average Bonchev–Trinajstić information content (AvgIpc) is 2.08. The lowest BCUT2D eigenvalue weighted by Gasteiger charge is -2.02. The van der Waals surface area contributed by atoms with Crippen LogP contribution in [-0.4, -0.2) is 10.6 Å². The van der Waals surface area contributed by atoms with Crippen LogP contribution in [0.3, 0.4) is 0 Å². The van der Waals surface area contributed by atoms with Gasteiger partial charge in [0.05, 0.1) is 0 Å². The third-order valence-corrected chi connectivity index (χ3v) is 3.00. The summed E-state index contributed by atoms with van der Waals surface area (Å²) in [6.45, 7) is 0. The van der Waals surface area contributed by atoms with Crippen LogP contribution < -0.4 is 0 Å². The molecule has 1 nitrogen and oxygen atoms in total. The largest absolute Gasteiger partial charge is 0.276 e. The predicted molar refractivity (Wildman–Crippen MR) is 61.8 cm³/mol. The van der Waals surface area contributed by atoms with Gasteiger partial charge in [0.15, 0.2) is 0 Å². The normalized spacial score (nSPS) is 10.1. The van der Waals surface area contributed by atoms with E-state index in [1.165, 1.54) is 5.56 Å². The highest BCUT2D eigenvalue weighted by Crippen LogP contribution is 2.20. The third-order valence-electron chi connectivity index (χ3n) is 1.64. The van der Waals surface area contributed by atoms with Gasteiger partial charge in [0.25, 0.3) is 5.24 Å². The van der Waals surface area contributed by atoms with E-state index in [0.29, 0.717) is 5.56 Å². The summed E-state index contributed by atoms with van der Waals surface area (Å²) in [6, 6.07) is 5.38. The molecule has 0 spiro atoms. The number of carbonyl (C=O) groups is 1. The molecule has 0 unspecified atom stereocenters. The van der Waals surface area contributed by atoms with Crippen LogP contribution in [0.25, 0.3) is 0 Å². The monoisotopic (exact) mass is 324 g/mol. The summed E-state index contributed by atoms with van der Waals surface area (Å²) < 4.78 is 0.929. The van der Waals surface area contributed by atoms with Crippen LogP contribution >= 0.6 is 43.5 Å². The van der Waals surface area contributed by atoms with Gasteiger partial charge in [0.1, 0.15) is 0 Å². The minimum atomic E-state index is -0.425. The van der Waals surface area contributed by atoms with Gasteiger partial charge in [-0.3, -0.25) is 4.79 Å². The zero-order valence-corrected chi connectivity index (χ0v) is 10.6. The lowest BCUT2D eigenvalue weighted by molar-refractivity contribution is 0.108. The first-order chi connectivity index (χ1) is 6.15. The molecule has 70 valence electrons. The van der Waals surface area contributed by atoms with Gasteiger partial charge in [-0.05, 0) is 35.7 Å². The van der Waals surface area contributed by atoms with Crippen molar-refractivity contribution < 1.29 is 4.79 Å². The van der Waals surface area contributed by atoms with Gasteiger partial charge in [-0.2, -0.15) is 0 Å². The molecule has 0 N–H and O–H groups in total. The minimum Gasteiger partial charge on any atom is -0.276 e. The van der Waals surface area contributed by atoms with Crippen molar-refractivity contribution in [3.05, 3.63) is 33.8 Å². The fourth-order valence-electron chi connectivity index (χ4n) is 0.974. The van der Waals surface area contributed by atoms with Gasteiger partial charge < -0.3 is 0 Å². The highest BCUT2D eigenvalue weighted by molar-refractivity contribution is 9.10. The van der Waals surface area contributed by atoms with Crippen LogP contribution in [0.2, 0.25) is 0 Å². The van der Waals surface area contributed by atoms with Gasteiger partial charge in [0, 0.05) is 15.4 Å². The van der Waals surface area contributed by atoms with Gasteiger partial charge in [-0.25, -0.2) is 0 Å². The zero-order valence-electron chi connectivity index (χ0n) is 6.69. The molecule has 0 aliphatic rings. The van der Waals surface area contributed by atoms with Gasteiger partial charge in [-0.1, -0.05) is 37.9 Å². The Morgan fingerprint density at radius 2 is 2.15 bits per heavy atom. The second kappa shape index (κ2) is 5.13. The van der Waals surface area contributed by atoms with Crippen molar-refractivity contribution in [2.24, 2.45) is 0 Å². The first kappa shape index (κ1) is 11.2. The second-order valence-electron chi connectivity index (χ2n) is 2.52. The zero-order chi connectivity index (χ0) is 9.84. The maximum absolute atomic E-state index is 10.8. The highest BCUT2D eigenvalue weighted by Gasteiger charge is 2.05. The Balaban J connectivity index is 2.98. The summed E-state index contributed by atoms with van der Waals surface area (Å²) in [5.41, 5.74) is 1.69. The standard InChI is InChI=1S/C9H7Br2ClO/c10-4-3-6-1-2-7(9(12)13)5-8(6)11/h1-2,5H,3-4H2. The molecule has 0 amide bonds. The lowest BCUT2D eigenvalue weighted by Crippen LogP contribution is -1.92. The van der Waals surface area contributed by atoms with Gasteiger partial charge >= 0.3 is 0 Å². The maximum Gasteiger partial charge on any atom is 0.252 e. The van der Waals surface area contributed by atoms with E-state index in [9.17, 15) is 4.79 Å². The number of carbonyl (C=O) groups excluding carboxylic acids is 1. The molecule has 0 heterocycles. The van der Waals surface area contributed by atoms with E-state index >= 15 is 0 Å². The van der Waals surface area contributed by atoms with Crippen molar-refractivity contribution >= 4 is 48.7 Å². The summed E-state index contributed by atoms with van der Waals surface area (Å²) in [5, 5.41) is 0.478. The van der Waals surface area contributed by atoms with E-state index in [1.807, 2.05) is 6.07 Å². The maximum atomic E-state index is 10.8. The number of alkyl halides is 1. The second-order valence-corrected chi connectivity index (χ2v) is 4.51. The Labute approximate surface area is 98.7 Å². The van der Waals surface area contributed by atoms with Gasteiger partial charge in [-0.15, -0.1) is 0 Å². The molecule has 0 aromatic heterocycles. The smallest absolute Gasteiger partial charge is 0.252 e. The summed E-state index contributed by atoms with van der Waals surface area (Å²) >= 11 is 12.1. The summed E-state index contributed by atoms with van der Waals surface area (Å²) in [7, 11) is 0. The van der Waals surface area contributed by atoms with E-state index in [4.69, 9.17) is 11.6 Å². The van der Waals surface area contributed by atoms with E-state index < -0.39 is 5.24 Å². The molecule has 0 saturated heterocycles. The molecule has 4 heteroatoms. The molecule has 0 aliphatic carbocycles. The molecule has 1 aromatic rings. The minimum absolute atomic E-state index is 0.425. The number of halogens is 3. The Morgan fingerprint density at radius 3 is 2.62 bits per heavy atom. The number of hydrogen-bond acceptors (Lipinski definition) is 1. The average molecular weight is 326 g/mol. The van der Waals surface area contributed by atoms with Crippen molar-refractivity contribution in [3.63, 3.8) is 0 Å². The summed E-state index contributed by atoms with van der Waals surface area (Å²) in [4.78, 5) is 10.8. The number of benzene rings is 1. The molecular formula is C9H7Br2ClO. The Kier molecular flexibility index (Phi) is 4.42.